The number of anilines is 3. The SMILES string of the molecule is CC(=O)Nc1ccc(Nc2c(C(=O)N3CCCCC3C)cnc3nc(C)ccc23)cc1. The molecule has 3 aromatic rings. The van der Waals surface area contributed by atoms with Crippen LogP contribution in [0.4, 0.5) is 17.1 Å². The molecular weight excluding hydrogens is 390 g/mol. The Morgan fingerprint density at radius 1 is 1.06 bits per heavy atom. The van der Waals surface area contributed by atoms with E-state index in [-0.39, 0.29) is 17.9 Å². The zero-order valence-electron chi connectivity index (χ0n) is 18.1. The number of nitrogens with one attached hydrogen (secondary N) is 2. The van der Waals surface area contributed by atoms with Gasteiger partial charge in [-0.15, -0.1) is 0 Å². The number of carbonyl (C=O) groups is 2. The molecule has 0 bridgehead atoms. The van der Waals surface area contributed by atoms with Gasteiger partial charge in [-0.1, -0.05) is 0 Å². The van der Waals surface area contributed by atoms with Gasteiger partial charge >= 0.3 is 0 Å². The van der Waals surface area contributed by atoms with Crippen molar-refractivity contribution in [3.63, 3.8) is 0 Å². The Bertz CT molecular complexity index is 1130. The zero-order chi connectivity index (χ0) is 22.0. The summed E-state index contributed by atoms with van der Waals surface area (Å²) in [5.41, 5.74) is 4.23. The fourth-order valence-electron chi connectivity index (χ4n) is 4.01. The standard InChI is InChI=1S/C24H27N5O2/c1-15-7-12-20-22(28-19-10-8-18(9-11-19)27-17(3)30)21(14-25-23(20)26-15)24(31)29-13-5-4-6-16(29)2/h7-12,14,16H,4-6,13H2,1-3H3,(H,27,30)(H,25,26,28). The molecule has 2 aromatic heterocycles. The number of aromatic nitrogens is 2. The van der Waals surface area contributed by atoms with Crippen LogP contribution in [0.3, 0.4) is 0 Å². The van der Waals surface area contributed by atoms with Gasteiger partial charge in [0, 0.05) is 48.2 Å². The molecule has 1 aromatic carbocycles. The second-order valence-corrected chi connectivity index (χ2v) is 8.10. The van der Waals surface area contributed by atoms with Crippen LogP contribution >= 0.6 is 0 Å². The molecule has 2 amide bonds. The maximum absolute atomic E-state index is 13.5. The van der Waals surface area contributed by atoms with Crippen molar-refractivity contribution in [1.29, 1.82) is 0 Å². The summed E-state index contributed by atoms with van der Waals surface area (Å²) in [6, 6.07) is 11.5. The first-order valence-corrected chi connectivity index (χ1v) is 10.6. The number of aryl methyl sites for hydroxylation is 1. The highest BCUT2D eigenvalue weighted by molar-refractivity contribution is 6.07. The molecule has 7 nitrogen and oxygen atoms in total. The van der Waals surface area contributed by atoms with Gasteiger partial charge < -0.3 is 15.5 Å². The molecule has 1 saturated heterocycles. The highest BCUT2D eigenvalue weighted by atomic mass is 16.2. The molecule has 0 saturated carbocycles. The second kappa shape index (κ2) is 8.71. The number of likely N-dealkylation sites (tertiary alicyclic amines) is 1. The van der Waals surface area contributed by atoms with Crippen LogP contribution in [0, 0.1) is 6.92 Å². The molecule has 1 aliphatic heterocycles. The summed E-state index contributed by atoms with van der Waals surface area (Å²) in [7, 11) is 0. The largest absolute Gasteiger partial charge is 0.354 e. The van der Waals surface area contributed by atoms with Crippen LogP contribution in [-0.4, -0.2) is 39.3 Å². The van der Waals surface area contributed by atoms with Gasteiger partial charge in [0.15, 0.2) is 5.65 Å². The molecule has 7 heteroatoms. The number of pyridine rings is 2. The van der Waals surface area contributed by atoms with E-state index in [0.717, 1.165) is 42.6 Å². The lowest BCUT2D eigenvalue weighted by Crippen LogP contribution is -2.42. The highest BCUT2D eigenvalue weighted by Crippen LogP contribution is 2.31. The molecule has 2 N–H and O–H groups in total. The van der Waals surface area contributed by atoms with E-state index in [2.05, 4.69) is 27.5 Å². The molecule has 160 valence electrons. The Labute approximate surface area is 181 Å². The minimum Gasteiger partial charge on any atom is -0.354 e. The summed E-state index contributed by atoms with van der Waals surface area (Å²) in [4.78, 5) is 35.7. The van der Waals surface area contributed by atoms with Gasteiger partial charge in [0.2, 0.25) is 5.91 Å². The Morgan fingerprint density at radius 2 is 1.81 bits per heavy atom. The maximum Gasteiger partial charge on any atom is 0.257 e. The van der Waals surface area contributed by atoms with Gasteiger partial charge in [-0.25, -0.2) is 9.97 Å². The number of carbonyl (C=O) groups excluding carboxylic acids is 2. The van der Waals surface area contributed by atoms with E-state index in [4.69, 9.17) is 0 Å². The predicted octanol–water partition coefficient (Wildman–Crippen LogP) is 4.65. The minimum atomic E-state index is -0.120. The summed E-state index contributed by atoms with van der Waals surface area (Å²) in [6.45, 7) is 6.26. The number of hydrogen-bond acceptors (Lipinski definition) is 5. The van der Waals surface area contributed by atoms with Gasteiger partial charge in [-0.05, 0) is 69.5 Å². The van der Waals surface area contributed by atoms with E-state index in [1.54, 1.807) is 6.20 Å². The van der Waals surface area contributed by atoms with Crippen LogP contribution in [0.15, 0.2) is 42.6 Å². The van der Waals surface area contributed by atoms with Crippen molar-refractivity contribution in [2.75, 3.05) is 17.2 Å². The average molecular weight is 418 g/mol. The smallest absolute Gasteiger partial charge is 0.257 e. The monoisotopic (exact) mass is 417 g/mol. The molecule has 0 spiro atoms. The summed E-state index contributed by atoms with van der Waals surface area (Å²) < 4.78 is 0. The Morgan fingerprint density at radius 3 is 2.52 bits per heavy atom. The number of amides is 2. The molecule has 0 aliphatic carbocycles. The number of nitrogens with zero attached hydrogens (tertiary/aromatic N) is 3. The lowest BCUT2D eigenvalue weighted by Gasteiger charge is -2.34. The Hall–Kier alpha value is -3.48. The lowest BCUT2D eigenvalue weighted by molar-refractivity contribution is -0.114. The number of benzene rings is 1. The molecule has 1 atom stereocenters. The second-order valence-electron chi connectivity index (χ2n) is 8.10. The fourth-order valence-corrected chi connectivity index (χ4v) is 4.01. The van der Waals surface area contributed by atoms with Gasteiger partial charge in [0.25, 0.3) is 5.91 Å². The first-order valence-electron chi connectivity index (χ1n) is 10.6. The average Bonchev–Trinajstić information content (AvgIpc) is 2.74. The number of rotatable bonds is 4. The molecule has 1 aliphatic rings. The van der Waals surface area contributed by atoms with E-state index in [9.17, 15) is 9.59 Å². The van der Waals surface area contributed by atoms with Crippen molar-refractivity contribution in [3.8, 4) is 0 Å². The third-order valence-electron chi connectivity index (χ3n) is 5.64. The van der Waals surface area contributed by atoms with Crippen LogP contribution in [-0.2, 0) is 4.79 Å². The Balaban J connectivity index is 1.74. The summed E-state index contributed by atoms with van der Waals surface area (Å²) in [6.07, 6.45) is 4.81. The summed E-state index contributed by atoms with van der Waals surface area (Å²) in [5, 5.41) is 6.97. The number of piperidine rings is 1. The van der Waals surface area contributed by atoms with Crippen molar-refractivity contribution >= 4 is 39.9 Å². The van der Waals surface area contributed by atoms with E-state index in [1.165, 1.54) is 6.92 Å². The molecule has 4 rings (SSSR count). The molecule has 0 radical (unpaired) electrons. The van der Waals surface area contributed by atoms with Crippen molar-refractivity contribution in [2.24, 2.45) is 0 Å². The third-order valence-corrected chi connectivity index (χ3v) is 5.64. The Kier molecular flexibility index (Phi) is 5.84. The van der Waals surface area contributed by atoms with Crippen molar-refractivity contribution in [3.05, 3.63) is 53.9 Å². The van der Waals surface area contributed by atoms with E-state index >= 15 is 0 Å². The first kappa shape index (κ1) is 20.8. The van der Waals surface area contributed by atoms with E-state index in [1.807, 2.05) is 48.2 Å². The van der Waals surface area contributed by atoms with E-state index < -0.39 is 0 Å². The van der Waals surface area contributed by atoms with Gasteiger partial charge in [0.05, 0.1) is 11.3 Å². The molecule has 31 heavy (non-hydrogen) atoms. The van der Waals surface area contributed by atoms with Crippen molar-refractivity contribution in [1.82, 2.24) is 14.9 Å². The third kappa shape index (κ3) is 4.50. The molecular formula is C24H27N5O2. The highest BCUT2D eigenvalue weighted by Gasteiger charge is 2.27. The molecule has 1 fully saturated rings. The van der Waals surface area contributed by atoms with Crippen LogP contribution in [0.5, 0.6) is 0 Å². The van der Waals surface area contributed by atoms with Crippen LogP contribution in [0.1, 0.15) is 49.2 Å². The zero-order valence-corrected chi connectivity index (χ0v) is 18.1. The van der Waals surface area contributed by atoms with Gasteiger partial charge in [-0.2, -0.15) is 0 Å². The first-order chi connectivity index (χ1) is 14.9. The quantitative estimate of drug-likeness (QED) is 0.645. The van der Waals surface area contributed by atoms with Crippen LogP contribution in [0.25, 0.3) is 11.0 Å². The predicted molar refractivity (Wildman–Crippen MR) is 123 cm³/mol. The van der Waals surface area contributed by atoms with Gasteiger partial charge in [-0.3, -0.25) is 9.59 Å². The molecule has 1 unspecified atom stereocenters. The number of fused-ring (bicyclic) bond motifs is 1. The minimum absolute atomic E-state index is 0.0143. The van der Waals surface area contributed by atoms with Crippen LogP contribution < -0.4 is 10.6 Å². The topological polar surface area (TPSA) is 87.2 Å². The maximum atomic E-state index is 13.5. The fraction of sp³-hybridized carbons (Fsp3) is 0.333. The summed E-state index contributed by atoms with van der Waals surface area (Å²) >= 11 is 0. The normalized spacial score (nSPS) is 16.2. The lowest BCUT2D eigenvalue weighted by atomic mass is 10.0. The van der Waals surface area contributed by atoms with Gasteiger partial charge in [0.1, 0.15) is 0 Å². The molecule has 3 heterocycles. The number of hydrogen-bond donors (Lipinski definition) is 2. The van der Waals surface area contributed by atoms with Crippen molar-refractivity contribution < 1.29 is 9.59 Å². The summed E-state index contributed by atoms with van der Waals surface area (Å²) in [5.74, 6) is -0.134. The van der Waals surface area contributed by atoms with E-state index in [0.29, 0.717) is 22.6 Å². The van der Waals surface area contributed by atoms with Crippen molar-refractivity contribution in [2.45, 2.75) is 46.1 Å². The van der Waals surface area contributed by atoms with Crippen LogP contribution in [0.2, 0.25) is 0 Å².